The Labute approximate surface area is 101 Å². The molecule has 1 aromatic rings. The van der Waals surface area contributed by atoms with Gasteiger partial charge in [0.05, 0.1) is 11.3 Å². The van der Waals surface area contributed by atoms with Crippen LogP contribution in [-0.4, -0.2) is 22.1 Å². The molecular formula is C12H19N3O2. The van der Waals surface area contributed by atoms with E-state index in [0.29, 0.717) is 11.5 Å². The van der Waals surface area contributed by atoms with Gasteiger partial charge in [0.1, 0.15) is 5.82 Å². The van der Waals surface area contributed by atoms with Crippen molar-refractivity contribution in [3.63, 3.8) is 0 Å². The van der Waals surface area contributed by atoms with Crippen LogP contribution in [-0.2, 0) is 0 Å². The Morgan fingerprint density at radius 3 is 2.53 bits per heavy atom. The maximum absolute atomic E-state index is 10.7. The molecule has 0 aliphatic rings. The van der Waals surface area contributed by atoms with Gasteiger partial charge in [-0.1, -0.05) is 20.8 Å². The monoisotopic (exact) mass is 237 g/mol. The highest BCUT2D eigenvalue weighted by Gasteiger charge is 2.21. The van der Waals surface area contributed by atoms with Crippen molar-refractivity contribution < 1.29 is 9.90 Å². The summed E-state index contributed by atoms with van der Waals surface area (Å²) in [6.07, 6.45) is 1.30. The van der Waals surface area contributed by atoms with Crippen LogP contribution in [0.2, 0.25) is 0 Å². The third-order valence-corrected chi connectivity index (χ3v) is 2.82. The minimum atomic E-state index is -1.03. The Morgan fingerprint density at radius 2 is 2.12 bits per heavy atom. The van der Waals surface area contributed by atoms with E-state index in [1.807, 2.05) is 6.92 Å². The molecule has 1 rings (SSSR count). The standard InChI is InChI=1S/C12H19N3O2/c1-7(12(2,3)4)15-10-9(13)5-8(6-14-10)11(16)17/h5-7H,13H2,1-4H3,(H,14,15)(H,16,17). The zero-order chi connectivity index (χ0) is 13.2. The van der Waals surface area contributed by atoms with E-state index in [-0.39, 0.29) is 17.0 Å². The van der Waals surface area contributed by atoms with Crippen molar-refractivity contribution in [2.75, 3.05) is 11.1 Å². The molecule has 0 saturated carbocycles. The second-order valence-electron chi connectivity index (χ2n) is 5.20. The number of hydrogen-bond acceptors (Lipinski definition) is 4. The van der Waals surface area contributed by atoms with Crippen molar-refractivity contribution in [3.8, 4) is 0 Å². The van der Waals surface area contributed by atoms with E-state index in [2.05, 4.69) is 31.1 Å². The van der Waals surface area contributed by atoms with Crippen LogP contribution >= 0.6 is 0 Å². The fraction of sp³-hybridized carbons (Fsp3) is 0.500. The molecule has 1 aromatic heterocycles. The van der Waals surface area contributed by atoms with Gasteiger partial charge in [-0.2, -0.15) is 0 Å². The first-order valence-electron chi connectivity index (χ1n) is 5.47. The van der Waals surface area contributed by atoms with Gasteiger partial charge in [0.25, 0.3) is 0 Å². The summed E-state index contributed by atoms with van der Waals surface area (Å²) in [4.78, 5) is 14.8. The maximum atomic E-state index is 10.7. The van der Waals surface area contributed by atoms with Crippen LogP contribution in [0, 0.1) is 5.41 Å². The van der Waals surface area contributed by atoms with Gasteiger partial charge in [-0.15, -0.1) is 0 Å². The molecule has 1 unspecified atom stereocenters. The van der Waals surface area contributed by atoms with Crippen molar-refractivity contribution in [2.45, 2.75) is 33.7 Å². The Morgan fingerprint density at radius 1 is 1.53 bits per heavy atom. The molecule has 94 valence electrons. The number of aromatic nitrogens is 1. The fourth-order valence-corrected chi connectivity index (χ4v) is 1.14. The van der Waals surface area contributed by atoms with Crippen LogP contribution in [0.5, 0.6) is 0 Å². The lowest BCUT2D eigenvalue weighted by Gasteiger charge is -2.28. The van der Waals surface area contributed by atoms with Gasteiger partial charge in [-0.25, -0.2) is 9.78 Å². The molecule has 5 heteroatoms. The number of rotatable bonds is 3. The molecule has 0 radical (unpaired) electrons. The van der Waals surface area contributed by atoms with Gasteiger partial charge in [-0.3, -0.25) is 0 Å². The van der Waals surface area contributed by atoms with E-state index in [1.165, 1.54) is 12.3 Å². The number of hydrogen-bond donors (Lipinski definition) is 3. The molecule has 0 bridgehead atoms. The highest BCUT2D eigenvalue weighted by molar-refractivity contribution is 5.89. The number of nitrogens with two attached hydrogens (primary N) is 1. The van der Waals surface area contributed by atoms with Crippen LogP contribution in [0.3, 0.4) is 0 Å². The summed E-state index contributed by atoms with van der Waals surface area (Å²) in [6.45, 7) is 8.34. The maximum Gasteiger partial charge on any atom is 0.337 e. The van der Waals surface area contributed by atoms with Gasteiger partial charge in [0, 0.05) is 12.2 Å². The topological polar surface area (TPSA) is 88.2 Å². The van der Waals surface area contributed by atoms with E-state index >= 15 is 0 Å². The first-order valence-corrected chi connectivity index (χ1v) is 5.47. The van der Waals surface area contributed by atoms with Gasteiger partial charge in [0.2, 0.25) is 0 Å². The number of carboxylic acids is 1. The molecule has 0 aromatic carbocycles. The third-order valence-electron chi connectivity index (χ3n) is 2.82. The van der Waals surface area contributed by atoms with Gasteiger partial charge in [-0.05, 0) is 18.4 Å². The summed E-state index contributed by atoms with van der Waals surface area (Å²) < 4.78 is 0. The molecule has 0 aliphatic heterocycles. The Balaban J connectivity index is 2.90. The highest BCUT2D eigenvalue weighted by Crippen LogP contribution is 2.24. The summed E-state index contributed by atoms with van der Waals surface area (Å²) in [5, 5.41) is 12.0. The number of nitrogens with one attached hydrogen (secondary N) is 1. The van der Waals surface area contributed by atoms with Crippen LogP contribution in [0.25, 0.3) is 0 Å². The Bertz CT molecular complexity index is 424. The van der Waals surface area contributed by atoms with Crippen molar-refractivity contribution >= 4 is 17.5 Å². The molecule has 0 saturated heterocycles. The number of pyridine rings is 1. The lowest BCUT2D eigenvalue weighted by atomic mass is 9.88. The molecule has 4 N–H and O–H groups in total. The average Bonchev–Trinajstić information content (AvgIpc) is 2.19. The van der Waals surface area contributed by atoms with Crippen molar-refractivity contribution in [1.29, 1.82) is 0 Å². The van der Waals surface area contributed by atoms with Gasteiger partial charge in [0.15, 0.2) is 0 Å². The molecule has 0 amide bonds. The summed E-state index contributed by atoms with van der Waals surface area (Å²) in [5.41, 5.74) is 6.27. The van der Waals surface area contributed by atoms with Crippen molar-refractivity contribution in [2.24, 2.45) is 5.41 Å². The quantitative estimate of drug-likeness (QED) is 0.750. The summed E-state index contributed by atoms with van der Waals surface area (Å²) in [6, 6.07) is 1.58. The number of nitrogens with zero attached hydrogens (tertiary/aromatic N) is 1. The van der Waals surface area contributed by atoms with Crippen molar-refractivity contribution in [1.82, 2.24) is 4.98 Å². The molecule has 1 heterocycles. The van der Waals surface area contributed by atoms with Crippen molar-refractivity contribution in [3.05, 3.63) is 17.8 Å². The third kappa shape index (κ3) is 3.34. The normalized spacial score (nSPS) is 13.2. The highest BCUT2D eigenvalue weighted by atomic mass is 16.4. The molecule has 1 atom stereocenters. The van der Waals surface area contributed by atoms with E-state index in [4.69, 9.17) is 10.8 Å². The van der Waals surface area contributed by atoms with Crippen LogP contribution in [0.15, 0.2) is 12.3 Å². The molecule has 5 nitrogen and oxygen atoms in total. The predicted octanol–water partition coefficient (Wildman–Crippen LogP) is 2.21. The Kier molecular flexibility index (Phi) is 3.60. The zero-order valence-corrected chi connectivity index (χ0v) is 10.6. The van der Waals surface area contributed by atoms with E-state index < -0.39 is 5.97 Å². The van der Waals surface area contributed by atoms with Crippen LogP contribution in [0.1, 0.15) is 38.1 Å². The summed E-state index contributed by atoms with van der Waals surface area (Å²) in [5.74, 6) is -0.503. The summed E-state index contributed by atoms with van der Waals surface area (Å²) in [7, 11) is 0. The lowest BCUT2D eigenvalue weighted by Crippen LogP contribution is -2.31. The first-order chi connectivity index (χ1) is 7.71. The molecule has 0 fully saturated rings. The molecule has 0 spiro atoms. The first kappa shape index (κ1) is 13.3. The molecule has 17 heavy (non-hydrogen) atoms. The Hall–Kier alpha value is -1.78. The zero-order valence-electron chi connectivity index (χ0n) is 10.6. The number of aromatic carboxylic acids is 1. The average molecular weight is 237 g/mol. The number of carboxylic acid groups (broad SMARTS) is 1. The van der Waals surface area contributed by atoms with E-state index in [1.54, 1.807) is 0 Å². The van der Waals surface area contributed by atoms with E-state index in [0.717, 1.165) is 0 Å². The number of carbonyl (C=O) groups is 1. The molecular weight excluding hydrogens is 218 g/mol. The fourth-order valence-electron chi connectivity index (χ4n) is 1.14. The SMILES string of the molecule is CC(Nc1ncc(C(=O)O)cc1N)C(C)(C)C. The minimum Gasteiger partial charge on any atom is -0.478 e. The van der Waals surface area contributed by atoms with Gasteiger partial charge >= 0.3 is 5.97 Å². The second kappa shape index (κ2) is 4.61. The van der Waals surface area contributed by atoms with Crippen LogP contribution in [0.4, 0.5) is 11.5 Å². The smallest absolute Gasteiger partial charge is 0.337 e. The van der Waals surface area contributed by atoms with E-state index in [9.17, 15) is 4.79 Å². The second-order valence-corrected chi connectivity index (χ2v) is 5.20. The molecule has 0 aliphatic carbocycles. The largest absolute Gasteiger partial charge is 0.478 e. The number of nitrogen functional groups attached to an aromatic ring is 1. The summed E-state index contributed by atoms with van der Waals surface area (Å²) >= 11 is 0. The van der Waals surface area contributed by atoms with Gasteiger partial charge < -0.3 is 16.2 Å². The number of anilines is 2. The lowest BCUT2D eigenvalue weighted by molar-refractivity contribution is 0.0696. The minimum absolute atomic E-state index is 0.0690. The van der Waals surface area contributed by atoms with Crippen LogP contribution < -0.4 is 11.1 Å². The predicted molar refractivity (Wildman–Crippen MR) is 68.1 cm³/mol.